The van der Waals surface area contributed by atoms with Crippen LogP contribution in [0.1, 0.15) is 20.9 Å². The Labute approximate surface area is 159 Å². The Hall–Kier alpha value is -2.08. The maximum Gasteiger partial charge on any atom is 0.267 e. The molecule has 0 aliphatic carbocycles. The van der Waals surface area contributed by atoms with Crippen molar-refractivity contribution in [3.63, 3.8) is 0 Å². The lowest BCUT2D eigenvalue weighted by Gasteiger charge is -2.05. The second-order valence-electron chi connectivity index (χ2n) is 5.51. The molecule has 2 N–H and O–H groups in total. The normalized spacial score (nSPS) is 10.6. The van der Waals surface area contributed by atoms with Crippen LogP contribution in [0.2, 0.25) is 10.0 Å². The number of aromatic nitrogens is 1. The molecule has 0 aliphatic rings. The lowest BCUT2D eigenvalue weighted by atomic mass is 10.2. The monoisotopic (exact) mass is 391 g/mol. The molecule has 0 unspecified atom stereocenters. The largest absolute Gasteiger partial charge is 0.332 e. The summed E-state index contributed by atoms with van der Waals surface area (Å²) < 4.78 is 0. The van der Waals surface area contributed by atoms with Gasteiger partial charge in [0.1, 0.15) is 4.88 Å². The molecule has 1 aromatic heterocycles. The minimum atomic E-state index is -0.231. The van der Waals surface area contributed by atoms with Crippen molar-refractivity contribution < 1.29 is 4.79 Å². The molecule has 0 saturated heterocycles. The molecular formula is C18H15Cl2N3OS. The number of amides is 1. The van der Waals surface area contributed by atoms with E-state index in [1.807, 2.05) is 38.1 Å². The Bertz CT molecular complexity index is 940. The Kier molecular flexibility index (Phi) is 5.27. The van der Waals surface area contributed by atoms with Crippen LogP contribution < -0.4 is 10.6 Å². The average Bonchev–Trinajstić information content (AvgIpc) is 2.91. The van der Waals surface area contributed by atoms with Crippen LogP contribution >= 0.6 is 34.5 Å². The SMILES string of the molecule is Cc1cccc(Nc2nc(C)c(C(=O)Nc3ccc(Cl)c(Cl)c3)s2)c1. The molecular weight excluding hydrogens is 377 g/mol. The van der Waals surface area contributed by atoms with Crippen molar-refractivity contribution in [2.45, 2.75) is 13.8 Å². The molecule has 4 nitrogen and oxygen atoms in total. The molecule has 0 spiro atoms. The zero-order valence-corrected chi connectivity index (χ0v) is 15.9. The number of nitrogens with zero attached hydrogens (tertiary/aromatic N) is 1. The molecule has 2 aromatic carbocycles. The highest BCUT2D eigenvalue weighted by Crippen LogP contribution is 2.28. The van der Waals surface area contributed by atoms with Gasteiger partial charge in [-0.05, 0) is 49.7 Å². The van der Waals surface area contributed by atoms with Crippen LogP contribution in [0.15, 0.2) is 42.5 Å². The number of benzene rings is 2. The molecule has 128 valence electrons. The van der Waals surface area contributed by atoms with Crippen LogP contribution in [0.3, 0.4) is 0 Å². The molecule has 1 amide bonds. The van der Waals surface area contributed by atoms with E-state index in [0.717, 1.165) is 11.3 Å². The number of carbonyl (C=O) groups is 1. The van der Waals surface area contributed by atoms with Crippen LogP contribution in [-0.2, 0) is 0 Å². The van der Waals surface area contributed by atoms with Crippen molar-refractivity contribution in [1.29, 1.82) is 0 Å². The van der Waals surface area contributed by atoms with Crippen molar-refractivity contribution in [3.8, 4) is 0 Å². The third-order valence-corrected chi connectivity index (χ3v) is 5.26. The van der Waals surface area contributed by atoms with Crippen molar-refractivity contribution in [3.05, 3.63) is 68.6 Å². The summed E-state index contributed by atoms with van der Waals surface area (Å²) >= 11 is 13.2. The van der Waals surface area contributed by atoms with E-state index in [-0.39, 0.29) is 5.91 Å². The first-order chi connectivity index (χ1) is 11.9. The summed E-state index contributed by atoms with van der Waals surface area (Å²) in [4.78, 5) is 17.5. The summed E-state index contributed by atoms with van der Waals surface area (Å²) in [5, 5.41) is 7.55. The molecule has 0 bridgehead atoms. The highest BCUT2D eigenvalue weighted by molar-refractivity contribution is 7.17. The van der Waals surface area contributed by atoms with Gasteiger partial charge in [0.05, 0.1) is 15.7 Å². The first kappa shape index (κ1) is 17.7. The molecule has 3 aromatic rings. The number of halogens is 2. The smallest absolute Gasteiger partial charge is 0.267 e. The number of hydrogen-bond acceptors (Lipinski definition) is 4. The van der Waals surface area contributed by atoms with Gasteiger partial charge in [0.2, 0.25) is 0 Å². The molecule has 0 radical (unpaired) electrons. The number of rotatable bonds is 4. The third-order valence-electron chi connectivity index (χ3n) is 3.45. The number of carbonyl (C=O) groups excluding carboxylic acids is 1. The second-order valence-corrected chi connectivity index (χ2v) is 7.32. The standard InChI is InChI=1S/C18H15Cl2N3OS/c1-10-4-3-5-12(8-10)23-18-21-11(2)16(25-18)17(24)22-13-6-7-14(19)15(20)9-13/h3-9H,1-2H3,(H,21,23)(H,22,24). The van der Waals surface area contributed by atoms with Gasteiger partial charge in [0, 0.05) is 11.4 Å². The zero-order chi connectivity index (χ0) is 18.0. The maximum absolute atomic E-state index is 12.5. The van der Waals surface area contributed by atoms with Crippen molar-refractivity contribution >= 4 is 57.0 Å². The van der Waals surface area contributed by atoms with Gasteiger partial charge in [-0.3, -0.25) is 4.79 Å². The van der Waals surface area contributed by atoms with Gasteiger partial charge in [0.15, 0.2) is 5.13 Å². The molecule has 7 heteroatoms. The van der Waals surface area contributed by atoms with Gasteiger partial charge in [-0.1, -0.05) is 46.7 Å². The molecule has 1 heterocycles. The second kappa shape index (κ2) is 7.44. The fourth-order valence-electron chi connectivity index (χ4n) is 2.27. The first-order valence-corrected chi connectivity index (χ1v) is 9.07. The van der Waals surface area contributed by atoms with Gasteiger partial charge in [-0.2, -0.15) is 0 Å². The fraction of sp³-hybridized carbons (Fsp3) is 0.111. The Morgan fingerprint density at radius 2 is 1.84 bits per heavy atom. The average molecular weight is 392 g/mol. The number of aryl methyl sites for hydroxylation is 2. The van der Waals surface area contributed by atoms with E-state index in [1.54, 1.807) is 18.2 Å². The summed E-state index contributed by atoms with van der Waals surface area (Å²) in [5.41, 5.74) is 3.33. The van der Waals surface area contributed by atoms with E-state index in [2.05, 4.69) is 15.6 Å². The summed E-state index contributed by atoms with van der Waals surface area (Å²) in [6.45, 7) is 3.83. The zero-order valence-electron chi connectivity index (χ0n) is 13.6. The van der Waals surface area contributed by atoms with Crippen molar-refractivity contribution in [2.24, 2.45) is 0 Å². The van der Waals surface area contributed by atoms with E-state index in [4.69, 9.17) is 23.2 Å². The van der Waals surface area contributed by atoms with Crippen LogP contribution in [0.25, 0.3) is 0 Å². The van der Waals surface area contributed by atoms with E-state index in [0.29, 0.717) is 31.4 Å². The van der Waals surface area contributed by atoms with E-state index >= 15 is 0 Å². The molecule has 0 saturated carbocycles. The number of nitrogens with one attached hydrogen (secondary N) is 2. The van der Waals surface area contributed by atoms with Crippen molar-refractivity contribution in [1.82, 2.24) is 4.98 Å². The minimum Gasteiger partial charge on any atom is -0.332 e. The van der Waals surface area contributed by atoms with Crippen LogP contribution in [-0.4, -0.2) is 10.9 Å². The topological polar surface area (TPSA) is 54.0 Å². The predicted octanol–water partition coefficient (Wildman–Crippen LogP) is 6.06. The fourth-order valence-corrected chi connectivity index (χ4v) is 3.45. The minimum absolute atomic E-state index is 0.231. The number of hydrogen-bond donors (Lipinski definition) is 2. The Morgan fingerprint density at radius 1 is 1.04 bits per heavy atom. The summed E-state index contributed by atoms with van der Waals surface area (Å²) in [6.07, 6.45) is 0. The van der Waals surface area contributed by atoms with Gasteiger partial charge < -0.3 is 10.6 Å². The molecule has 0 atom stereocenters. The van der Waals surface area contributed by atoms with Crippen LogP contribution in [0, 0.1) is 13.8 Å². The van der Waals surface area contributed by atoms with E-state index in [9.17, 15) is 4.79 Å². The summed E-state index contributed by atoms with van der Waals surface area (Å²) in [6, 6.07) is 12.9. The van der Waals surface area contributed by atoms with E-state index in [1.165, 1.54) is 11.3 Å². The Morgan fingerprint density at radius 3 is 2.56 bits per heavy atom. The molecule has 0 aliphatic heterocycles. The summed E-state index contributed by atoms with van der Waals surface area (Å²) in [7, 11) is 0. The highest BCUT2D eigenvalue weighted by atomic mass is 35.5. The summed E-state index contributed by atoms with van der Waals surface area (Å²) in [5.74, 6) is -0.231. The van der Waals surface area contributed by atoms with Crippen LogP contribution in [0.5, 0.6) is 0 Å². The number of anilines is 3. The Balaban J connectivity index is 1.77. The molecule has 25 heavy (non-hydrogen) atoms. The van der Waals surface area contributed by atoms with Gasteiger partial charge in [-0.15, -0.1) is 0 Å². The van der Waals surface area contributed by atoms with Gasteiger partial charge in [0.25, 0.3) is 5.91 Å². The predicted molar refractivity (Wildman–Crippen MR) is 106 cm³/mol. The first-order valence-electron chi connectivity index (χ1n) is 7.50. The third kappa shape index (κ3) is 4.31. The maximum atomic E-state index is 12.5. The van der Waals surface area contributed by atoms with Crippen molar-refractivity contribution in [2.75, 3.05) is 10.6 Å². The lowest BCUT2D eigenvalue weighted by Crippen LogP contribution is -2.11. The number of thiazole rings is 1. The molecule has 3 rings (SSSR count). The van der Waals surface area contributed by atoms with Gasteiger partial charge in [-0.25, -0.2) is 4.98 Å². The lowest BCUT2D eigenvalue weighted by molar-refractivity contribution is 0.103. The molecule has 0 fully saturated rings. The highest BCUT2D eigenvalue weighted by Gasteiger charge is 2.16. The quantitative estimate of drug-likeness (QED) is 0.567. The van der Waals surface area contributed by atoms with Gasteiger partial charge >= 0.3 is 0 Å². The van der Waals surface area contributed by atoms with E-state index < -0.39 is 0 Å². The van der Waals surface area contributed by atoms with Crippen LogP contribution in [0.4, 0.5) is 16.5 Å².